The van der Waals surface area contributed by atoms with E-state index < -0.39 is 0 Å². The summed E-state index contributed by atoms with van der Waals surface area (Å²) in [5.41, 5.74) is 0.725. The van der Waals surface area contributed by atoms with Gasteiger partial charge in [0.15, 0.2) is 0 Å². The fourth-order valence-electron chi connectivity index (χ4n) is 3.66. The highest BCUT2D eigenvalue weighted by atomic mass is 16.2. The van der Waals surface area contributed by atoms with Crippen molar-refractivity contribution in [3.63, 3.8) is 0 Å². The summed E-state index contributed by atoms with van der Waals surface area (Å²) in [4.78, 5) is 28.5. The van der Waals surface area contributed by atoms with Crippen LogP contribution in [0.15, 0.2) is 18.6 Å². The highest BCUT2D eigenvalue weighted by Crippen LogP contribution is 2.32. The number of aromatic amines is 1. The van der Waals surface area contributed by atoms with Gasteiger partial charge in [-0.25, -0.2) is 9.97 Å². The first-order valence-corrected chi connectivity index (χ1v) is 8.42. The first-order chi connectivity index (χ1) is 11.1. The number of anilines is 1. The number of nitrogens with one attached hydrogen (secondary N) is 1. The van der Waals surface area contributed by atoms with Gasteiger partial charge in [0.25, 0.3) is 0 Å². The fraction of sp³-hybridized carbons (Fsp3) is 0.588. The molecule has 6 nitrogen and oxygen atoms in total. The zero-order chi connectivity index (χ0) is 16.4. The second-order valence-electron chi connectivity index (χ2n) is 6.45. The van der Waals surface area contributed by atoms with E-state index in [1.807, 2.05) is 19.2 Å². The van der Waals surface area contributed by atoms with Gasteiger partial charge in [-0.05, 0) is 32.8 Å². The van der Waals surface area contributed by atoms with Crippen LogP contribution in [-0.2, 0) is 4.79 Å². The summed E-state index contributed by atoms with van der Waals surface area (Å²) >= 11 is 0. The van der Waals surface area contributed by atoms with Crippen molar-refractivity contribution in [3.8, 4) is 0 Å². The molecule has 1 N–H and O–H groups in total. The van der Waals surface area contributed by atoms with E-state index in [-0.39, 0.29) is 11.4 Å². The van der Waals surface area contributed by atoms with Gasteiger partial charge in [0.2, 0.25) is 5.91 Å². The molecule has 0 aromatic carbocycles. The fourth-order valence-corrected chi connectivity index (χ4v) is 3.66. The standard InChI is InChI=1S/C17H25N5O/c1-4-14(23)22-10-6-8-17(22,3)11-21(5-2)16-13-7-9-18-15(13)19-12-20-16/h7,9,12H,4-6,8,10-11H2,1-3H3,(H,18,19,20). The molecule has 1 aliphatic heterocycles. The van der Waals surface area contributed by atoms with Crippen molar-refractivity contribution in [3.05, 3.63) is 18.6 Å². The topological polar surface area (TPSA) is 65.1 Å². The summed E-state index contributed by atoms with van der Waals surface area (Å²) in [6, 6.07) is 2.01. The van der Waals surface area contributed by atoms with Crippen LogP contribution >= 0.6 is 0 Å². The molecule has 23 heavy (non-hydrogen) atoms. The van der Waals surface area contributed by atoms with Gasteiger partial charge in [-0.2, -0.15) is 0 Å². The van der Waals surface area contributed by atoms with E-state index in [0.717, 1.165) is 49.3 Å². The number of likely N-dealkylation sites (N-methyl/N-ethyl adjacent to an activating group) is 1. The van der Waals surface area contributed by atoms with Crippen molar-refractivity contribution in [2.45, 2.75) is 45.6 Å². The Morgan fingerprint density at radius 3 is 3.00 bits per heavy atom. The number of rotatable bonds is 5. The van der Waals surface area contributed by atoms with Crippen molar-refractivity contribution >= 4 is 22.8 Å². The number of aromatic nitrogens is 3. The molecule has 3 rings (SSSR count). The van der Waals surface area contributed by atoms with E-state index in [0.29, 0.717) is 6.42 Å². The molecule has 6 heteroatoms. The molecule has 0 saturated carbocycles. The van der Waals surface area contributed by atoms with Gasteiger partial charge in [0.05, 0.1) is 10.9 Å². The normalized spacial score (nSPS) is 21.1. The van der Waals surface area contributed by atoms with Crippen LogP contribution in [0.1, 0.15) is 40.0 Å². The molecule has 124 valence electrons. The molecule has 1 amide bonds. The number of likely N-dealkylation sites (tertiary alicyclic amines) is 1. The first-order valence-electron chi connectivity index (χ1n) is 8.42. The van der Waals surface area contributed by atoms with Crippen LogP contribution in [0.3, 0.4) is 0 Å². The molecule has 1 atom stereocenters. The van der Waals surface area contributed by atoms with Crippen LogP contribution in [0.25, 0.3) is 11.0 Å². The summed E-state index contributed by atoms with van der Waals surface area (Å²) in [5, 5.41) is 1.03. The molecular weight excluding hydrogens is 290 g/mol. The third-order valence-corrected chi connectivity index (χ3v) is 4.90. The molecular formula is C17H25N5O. The summed E-state index contributed by atoms with van der Waals surface area (Å²) in [7, 11) is 0. The summed E-state index contributed by atoms with van der Waals surface area (Å²) in [5.74, 6) is 1.19. The molecule has 2 aromatic rings. The lowest BCUT2D eigenvalue weighted by Crippen LogP contribution is -2.52. The Morgan fingerprint density at radius 1 is 1.43 bits per heavy atom. The summed E-state index contributed by atoms with van der Waals surface area (Å²) in [6.07, 6.45) is 6.17. The van der Waals surface area contributed by atoms with E-state index >= 15 is 0 Å². The van der Waals surface area contributed by atoms with Crippen molar-refractivity contribution < 1.29 is 4.79 Å². The monoisotopic (exact) mass is 315 g/mol. The number of fused-ring (bicyclic) bond motifs is 1. The molecule has 1 fully saturated rings. The van der Waals surface area contributed by atoms with Gasteiger partial charge in [0, 0.05) is 32.3 Å². The molecule has 0 radical (unpaired) electrons. The maximum atomic E-state index is 12.3. The van der Waals surface area contributed by atoms with Crippen LogP contribution in [-0.4, -0.2) is 50.9 Å². The van der Waals surface area contributed by atoms with Crippen LogP contribution < -0.4 is 4.90 Å². The molecule has 1 aliphatic rings. The SMILES string of the molecule is CCC(=O)N1CCCC1(C)CN(CC)c1ncnc2[nH]ccc12. The number of hydrogen-bond acceptors (Lipinski definition) is 4. The highest BCUT2D eigenvalue weighted by molar-refractivity contribution is 5.87. The molecule has 1 saturated heterocycles. The predicted molar refractivity (Wildman–Crippen MR) is 91.4 cm³/mol. The van der Waals surface area contributed by atoms with E-state index in [2.05, 4.69) is 38.6 Å². The van der Waals surface area contributed by atoms with Gasteiger partial charge in [0.1, 0.15) is 17.8 Å². The molecule has 2 aromatic heterocycles. The lowest BCUT2D eigenvalue weighted by molar-refractivity contribution is -0.134. The van der Waals surface area contributed by atoms with Crippen molar-refractivity contribution in [1.82, 2.24) is 19.9 Å². The molecule has 1 unspecified atom stereocenters. The first kappa shape index (κ1) is 15.8. The zero-order valence-corrected chi connectivity index (χ0v) is 14.2. The second-order valence-corrected chi connectivity index (χ2v) is 6.45. The average Bonchev–Trinajstić information content (AvgIpc) is 3.18. The van der Waals surface area contributed by atoms with Gasteiger partial charge in [-0.3, -0.25) is 4.79 Å². The Bertz CT molecular complexity index is 697. The van der Waals surface area contributed by atoms with Crippen molar-refractivity contribution in [2.75, 3.05) is 24.5 Å². The minimum absolute atomic E-state index is 0.128. The van der Waals surface area contributed by atoms with E-state index in [1.165, 1.54) is 0 Å². The van der Waals surface area contributed by atoms with E-state index in [1.54, 1.807) is 6.33 Å². The molecule has 3 heterocycles. The van der Waals surface area contributed by atoms with Crippen LogP contribution in [0, 0.1) is 0 Å². The number of H-pyrrole nitrogens is 1. The number of hydrogen-bond donors (Lipinski definition) is 1. The van der Waals surface area contributed by atoms with Gasteiger partial charge >= 0.3 is 0 Å². The second kappa shape index (κ2) is 6.18. The van der Waals surface area contributed by atoms with E-state index in [4.69, 9.17) is 0 Å². The maximum Gasteiger partial charge on any atom is 0.222 e. The highest BCUT2D eigenvalue weighted by Gasteiger charge is 2.40. The smallest absolute Gasteiger partial charge is 0.222 e. The third-order valence-electron chi connectivity index (χ3n) is 4.90. The minimum atomic E-state index is -0.128. The third kappa shape index (κ3) is 2.78. The molecule has 0 spiro atoms. The van der Waals surface area contributed by atoms with Gasteiger partial charge in [-0.1, -0.05) is 6.92 Å². The Morgan fingerprint density at radius 2 is 2.26 bits per heavy atom. The number of amides is 1. The minimum Gasteiger partial charge on any atom is -0.354 e. The molecule has 0 bridgehead atoms. The Labute approximate surface area is 136 Å². The number of nitrogens with zero attached hydrogens (tertiary/aromatic N) is 4. The number of carbonyl (C=O) groups is 1. The average molecular weight is 315 g/mol. The summed E-state index contributed by atoms with van der Waals surface area (Å²) < 4.78 is 0. The summed E-state index contributed by atoms with van der Waals surface area (Å²) in [6.45, 7) is 8.78. The van der Waals surface area contributed by atoms with Crippen LogP contribution in [0.4, 0.5) is 5.82 Å². The van der Waals surface area contributed by atoms with Crippen molar-refractivity contribution in [1.29, 1.82) is 0 Å². The van der Waals surface area contributed by atoms with Gasteiger partial charge in [-0.15, -0.1) is 0 Å². The zero-order valence-electron chi connectivity index (χ0n) is 14.2. The van der Waals surface area contributed by atoms with E-state index in [9.17, 15) is 4.79 Å². The largest absolute Gasteiger partial charge is 0.354 e. The number of carbonyl (C=O) groups excluding carboxylic acids is 1. The van der Waals surface area contributed by atoms with Crippen molar-refractivity contribution in [2.24, 2.45) is 0 Å². The maximum absolute atomic E-state index is 12.3. The lowest BCUT2D eigenvalue weighted by atomic mass is 9.97. The predicted octanol–water partition coefficient (Wildman–Crippen LogP) is 2.58. The lowest BCUT2D eigenvalue weighted by Gasteiger charge is -2.39. The van der Waals surface area contributed by atoms with Crippen LogP contribution in [0.5, 0.6) is 0 Å². The molecule has 0 aliphatic carbocycles. The Balaban J connectivity index is 1.90. The Hall–Kier alpha value is -2.11. The van der Waals surface area contributed by atoms with Gasteiger partial charge < -0.3 is 14.8 Å². The quantitative estimate of drug-likeness (QED) is 0.921. The van der Waals surface area contributed by atoms with Crippen LogP contribution in [0.2, 0.25) is 0 Å². The Kier molecular flexibility index (Phi) is 4.24.